The highest BCUT2D eigenvalue weighted by atomic mass is 16.2. The van der Waals surface area contributed by atoms with Gasteiger partial charge in [0.15, 0.2) is 5.82 Å². The van der Waals surface area contributed by atoms with Crippen LogP contribution in [0.4, 0.5) is 5.82 Å². The number of aromatic amines is 1. The normalized spacial score (nSPS) is 15.6. The Labute approximate surface area is 198 Å². The summed E-state index contributed by atoms with van der Waals surface area (Å²) in [5, 5.41) is 11.7. The summed E-state index contributed by atoms with van der Waals surface area (Å²) in [6.07, 6.45) is 3.73. The molecule has 0 saturated carbocycles. The summed E-state index contributed by atoms with van der Waals surface area (Å²) in [4.78, 5) is 27.0. The predicted molar refractivity (Wildman–Crippen MR) is 132 cm³/mol. The molecule has 1 fully saturated rings. The van der Waals surface area contributed by atoms with Crippen LogP contribution in [0.25, 0.3) is 16.9 Å². The van der Waals surface area contributed by atoms with Gasteiger partial charge in [0.25, 0.3) is 5.91 Å². The van der Waals surface area contributed by atoms with E-state index >= 15 is 0 Å². The number of pyridine rings is 2. The molecule has 0 spiro atoms. The number of fused-ring (bicyclic) bond motifs is 1. The zero-order chi connectivity index (χ0) is 23.8. The average molecular weight is 459 g/mol. The van der Waals surface area contributed by atoms with Gasteiger partial charge in [0.1, 0.15) is 11.5 Å². The molecule has 176 valence electrons. The maximum atomic E-state index is 13.5. The molecule has 0 aliphatic carbocycles. The number of hydrogen-bond acceptors (Lipinski definition) is 6. The Morgan fingerprint density at radius 1 is 1.12 bits per heavy atom. The van der Waals surface area contributed by atoms with Gasteiger partial charge >= 0.3 is 0 Å². The summed E-state index contributed by atoms with van der Waals surface area (Å²) in [7, 11) is 2.08. The zero-order valence-electron chi connectivity index (χ0n) is 20.0. The van der Waals surface area contributed by atoms with Gasteiger partial charge in [-0.25, -0.2) is 4.98 Å². The second kappa shape index (κ2) is 8.90. The van der Waals surface area contributed by atoms with E-state index in [1.165, 1.54) is 0 Å². The first-order chi connectivity index (χ1) is 16.4. The number of piperazine rings is 1. The van der Waals surface area contributed by atoms with Gasteiger partial charge in [0, 0.05) is 55.7 Å². The maximum absolute atomic E-state index is 13.5. The molecule has 1 atom stereocenters. The third kappa shape index (κ3) is 4.26. The number of nitrogens with one attached hydrogen (secondary N) is 2. The van der Waals surface area contributed by atoms with Crippen molar-refractivity contribution in [2.24, 2.45) is 0 Å². The average Bonchev–Trinajstić information content (AvgIpc) is 3.42. The van der Waals surface area contributed by atoms with E-state index in [1.807, 2.05) is 60.0 Å². The van der Waals surface area contributed by atoms with Crippen LogP contribution in [-0.4, -0.2) is 73.7 Å². The minimum absolute atomic E-state index is 0.0203. The second-order valence-electron chi connectivity index (χ2n) is 9.11. The molecule has 2 N–H and O–H groups in total. The van der Waals surface area contributed by atoms with Crippen molar-refractivity contribution in [1.82, 2.24) is 34.5 Å². The number of likely N-dealkylation sites (N-methyl/N-ethyl adjacent to an activating group) is 1. The van der Waals surface area contributed by atoms with Crippen molar-refractivity contribution < 1.29 is 4.79 Å². The van der Waals surface area contributed by atoms with Gasteiger partial charge in [0.2, 0.25) is 0 Å². The first kappa shape index (κ1) is 22.1. The Bertz CT molecular complexity index is 1310. The van der Waals surface area contributed by atoms with Crippen molar-refractivity contribution in [3.8, 4) is 5.82 Å². The van der Waals surface area contributed by atoms with E-state index in [4.69, 9.17) is 4.98 Å². The number of hydrogen-bond donors (Lipinski definition) is 2. The van der Waals surface area contributed by atoms with Crippen LogP contribution in [0, 0.1) is 13.8 Å². The van der Waals surface area contributed by atoms with Crippen LogP contribution in [0.5, 0.6) is 0 Å². The van der Waals surface area contributed by atoms with Crippen molar-refractivity contribution >= 4 is 22.8 Å². The fourth-order valence-corrected chi connectivity index (χ4v) is 4.27. The van der Waals surface area contributed by atoms with Gasteiger partial charge in [-0.1, -0.05) is 6.07 Å². The molecule has 1 saturated heterocycles. The van der Waals surface area contributed by atoms with Crippen LogP contribution >= 0.6 is 0 Å². The Kier molecular flexibility index (Phi) is 5.79. The van der Waals surface area contributed by atoms with Gasteiger partial charge in [-0.05, 0) is 51.6 Å². The van der Waals surface area contributed by atoms with Gasteiger partial charge in [0.05, 0.1) is 17.3 Å². The summed E-state index contributed by atoms with van der Waals surface area (Å²) in [6, 6.07) is 9.90. The minimum Gasteiger partial charge on any atom is -0.362 e. The number of anilines is 1. The molecule has 1 aliphatic heterocycles. The molecule has 4 aromatic rings. The van der Waals surface area contributed by atoms with E-state index in [0.717, 1.165) is 48.5 Å². The minimum atomic E-state index is -0.0203. The molecule has 1 aliphatic rings. The molecule has 0 unspecified atom stereocenters. The van der Waals surface area contributed by atoms with Gasteiger partial charge in [-0.2, -0.15) is 5.10 Å². The van der Waals surface area contributed by atoms with Crippen molar-refractivity contribution in [3.05, 3.63) is 65.2 Å². The number of nitrogens with zero attached hydrogens (tertiary/aromatic N) is 6. The molecule has 5 heterocycles. The Hall–Kier alpha value is -3.72. The fourth-order valence-electron chi connectivity index (χ4n) is 4.27. The summed E-state index contributed by atoms with van der Waals surface area (Å²) in [5.74, 6) is 1.45. The standard InChI is InChI=1S/C25H30N8O/c1-16-5-7-21(26-14-16)18(3)27-22-8-6-19-20(25(34)32-11-9-31(4)10-12-32)15-33(24(19)28-22)23-13-17(2)29-30-23/h5-8,13-15,18H,9-12H2,1-4H3,(H,27,28)(H,29,30)/t18-/m0/s1. The molecule has 5 rings (SSSR count). The molecule has 9 heteroatoms. The van der Waals surface area contributed by atoms with E-state index in [-0.39, 0.29) is 11.9 Å². The van der Waals surface area contributed by atoms with Gasteiger partial charge in [-0.15, -0.1) is 0 Å². The Morgan fingerprint density at radius 2 is 1.91 bits per heavy atom. The van der Waals surface area contributed by atoms with Crippen molar-refractivity contribution in [2.75, 3.05) is 38.5 Å². The monoisotopic (exact) mass is 458 g/mol. The lowest BCUT2D eigenvalue weighted by atomic mass is 10.1. The molecular formula is C25H30N8O. The lowest BCUT2D eigenvalue weighted by Crippen LogP contribution is -2.47. The van der Waals surface area contributed by atoms with E-state index in [2.05, 4.69) is 45.4 Å². The molecule has 0 aromatic carbocycles. The first-order valence-electron chi connectivity index (χ1n) is 11.6. The second-order valence-corrected chi connectivity index (χ2v) is 9.11. The summed E-state index contributed by atoms with van der Waals surface area (Å²) >= 11 is 0. The quantitative estimate of drug-likeness (QED) is 0.476. The predicted octanol–water partition coefficient (Wildman–Crippen LogP) is 3.32. The first-order valence-corrected chi connectivity index (χ1v) is 11.6. The van der Waals surface area contributed by atoms with Gasteiger partial charge in [-0.3, -0.25) is 19.4 Å². The summed E-state index contributed by atoms with van der Waals surface area (Å²) in [5.41, 5.74) is 4.35. The molecule has 4 aromatic heterocycles. The van der Waals surface area contributed by atoms with Crippen molar-refractivity contribution in [3.63, 3.8) is 0 Å². The topological polar surface area (TPSA) is 95.0 Å². The molecule has 34 heavy (non-hydrogen) atoms. The van der Waals surface area contributed by atoms with Crippen LogP contribution in [0.15, 0.2) is 42.7 Å². The lowest BCUT2D eigenvalue weighted by molar-refractivity contribution is 0.0666. The van der Waals surface area contributed by atoms with Crippen LogP contribution in [0.3, 0.4) is 0 Å². The van der Waals surface area contributed by atoms with Crippen LogP contribution < -0.4 is 5.32 Å². The highest BCUT2D eigenvalue weighted by Crippen LogP contribution is 2.27. The third-order valence-corrected chi connectivity index (χ3v) is 6.35. The third-order valence-electron chi connectivity index (χ3n) is 6.35. The van der Waals surface area contributed by atoms with E-state index in [9.17, 15) is 4.79 Å². The van der Waals surface area contributed by atoms with E-state index < -0.39 is 0 Å². The number of amides is 1. The molecule has 0 radical (unpaired) electrons. The largest absolute Gasteiger partial charge is 0.362 e. The molecular weight excluding hydrogens is 428 g/mol. The van der Waals surface area contributed by atoms with Gasteiger partial charge < -0.3 is 15.1 Å². The summed E-state index contributed by atoms with van der Waals surface area (Å²) < 4.78 is 1.89. The Morgan fingerprint density at radius 3 is 2.59 bits per heavy atom. The fraction of sp³-hybridized carbons (Fsp3) is 0.360. The number of rotatable bonds is 5. The van der Waals surface area contributed by atoms with Crippen LogP contribution in [-0.2, 0) is 0 Å². The van der Waals surface area contributed by atoms with Crippen LogP contribution in [0.2, 0.25) is 0 Å². The highest BCUT2D eigenvalue weighted by molar-refractivity contribution is 6.06. The lowest BCUT2D eigenvalue weighted by Gasteiger charge is -2.32. The SMILES string of the molecule is Cc1ccc([C@H](C)Nc2ccc3c(C(=O)N4CCN(C)CC4)cn(-c4cc(C)[nH]n4)c3n2)nc1. The molecule has 1 amide bonds. The smallest absolute Gasteiger partial charge is 0.256 e. The number of carbonyl (C=O) groups is 1. The summed E-state index contributed by atoms with van der Waals surface area (Å²) in [6.45, 7) is 9.23. The highest BCUT2D eigenvalue weighted by Gasteiger charge is 2.25. The number of aryl methyl sites for hydroxylation is 2. The molecule has 9 nitrogen and oxygen atoms in total. The Balaban J connectivity index is 1.51. The van der Waals surface area contributed by atoms with E-state index in [0.29, 0.717) is 22.8 Å². The van der Waals surface area contributed by atoms with Crippen molar-refractivity contribution in [2.45, 2.75) is 26.8 Å². The van der Waals surface area contributed by atoms with Crippen molar-refractivity contribution in [1.29, 1.82) is 0 Å². The van der Waals surface area contributed by atoms with E-state index in [1.54, 1.807) is 0 Å². The maximum Gasteiger partial charge on any atom is 0.256 e. The molecule has 0 bridgehead atoms. The van der Waals surface area contributed by atoms with Crippen LogP contribution in [0.1, 0.15) is 40.3 Å². The number of carbonyl (C=O) groups excluding carboxylic acids is 1. The number of aromatic nitrogens is 5. The zero-order valence-corrected chi connectivity index (χ0v) is 20.0. The number of H-pyrrole nitrogens is 1.